The van der Waals surface area contributed by atoms with Gasteiger partial charge in [0.15, 0.2) is 5.11 Å². The van der Waals surface area contributed by atoms with Gasteiger partial charge in [-0.3, -0.25) is 0 Å². The lowest BCUT2D eigenvalue weighted by Crippen LogP contribution is -2.42. The van der Waals surface area contributed by atoms with Crippen LogP contribution in [-0.4, -0.2) is 27.2 Å². The van der Waals surface area contributed by atoms with Crippen molar-refractivity contribution in [3.63, 3.8) is 0 Å². The summed E-state index contributed by atoms with van der Waals surface area (Å²) in [6.07, 6.45) is 9.58. The van der Waals surface area contributed by atoms with Gasteiger partial charge >= 0.3 is 0 Å². The van der Waals surface area contributed by atoms with Gasteiger partial charge in [0.05, 0.1) is 18.8 Å². The third-order valence-corrected chi connectivity index (χ3v) is 7.21. The van der Waals surface area contributed by atoms with Crippen LogP contribution in [0.25, 0.3) is 0 Å². The number of rotatable bonds is 8. The van der Waals surface area contributed by atoms with Crippen LogP contribution in [0.3, 0.4) is 0 Å². The van der Waals surface area contributed by atoms with Crippen molar-refractivity contribution in [2.75, 3.05) is 11.9 Å². The molecule has 1 aliphatic rings. The summed E-state index contributed by atoms with van der Waals surface area (Å²) in [5, 5.41) is 5.06. The minimum Gasteiger partial charge on any atom is -0.492 e. The number of nitrogens with zero attached hydrogens (tertiary/aromatic N) is 2. The highest BCUT2D eigenvalue weighted by atomic mass is 35.5. The first-order valence-corrected chi connectivity index (χ1v) is 13.1. The number of thiocarbonyl (C=S) groups is 1. The van der Waals surface area contributed by atoms with Crippen molar-refractivity contribution >= 4 is 34.6 Å². The Labute approximate surface area is 213 Å². The lowest BCUT2D eigenvalue weighted by Gasteiger charge is -2.34. The largest absolute Gasteiger partial charge is 0.492 e. The van der Waals surface area contributed by atoms with Gasteiger partial charge in [0.25, 0.3) is 0 Å². The van der Waals surface area contributed by atoms with E-state index >= 15 is 0 Å². The van der Waals surface area contributed by atoms with E-state index in [9.17, 15) is 0 Å². The minimum atomic E-state index is 0.422. The van der Waals surface area contributed by atoms with Crippen LogP contribution in [0.2, 0.25) is 5.02 Å². The maximum Gasteiger partial charge on any atom is 0.174 e. The summed E-state index contributed by atoms with van der Waals surface area (Å²) in [5.41, 5.74) is 3.26. The third-order valence-electron chi connectivity index (χ3n) is 6.51. The molecule has 6 heteroatoms. The maximum absolute atomic E-state index is 6.45. The van der Waals surface area contributed by atoms with Crippen LogP contribution in [-0.2, 0) is 13.1 Å². The van der Waals surface area contributed by atoms with Gasteiger partial charge in [-0.1, -0.05) is 67.6 Å². The average molecular weight is 496 g/mol. The van der Waals surface area contributed by atoms with Gasteiger partial charge in [0.2, 0.25) is 0 Å². The molecule has 0 spiro atoms. The van der Waals surface area contributed by atoms with Gasteiger partial charge in [-0.25, -0.2) is 0 Å². The molecular formula is C28H34ClN3OS. The van der Waals surface area contributed by atoms with Gasteiger partial charge < -0.3 is 19.5 Å². The third kappa shape index (κ3) is 6.34. The molecule has 0 atom stereocenters. The summed E-state index contributed by atoms with van der Waals surface area (Å²) in [6, 6.07) is 20.8. The first kappa shape index (κ1) is 24.6. The van der Waals surface area contributed by atoms with Crippen molar-refractivity contribution in [2.45, 2.75) is 64.6 Å². The van der Waals surface area contributed by atoms with Crippen LogP contribution >= 0.6 is 23.8 Å². The second kappa shape index (κ2) is 12.3. The molecule has 3 aromatic rings. The van der Waals surface area contributed by atoms with Crippen LogP contribution in [0.5, 0.6) is 5.75 Å². The predicted molar refractivity (Wildman–Crippen MR) is 146 cm³/mol. The number of ether oxygens (including phenoxy) is 1. The summed E-state index contributed by atoms with van der Waals surface area (Å²) < 4.78 is 8.11. The Kier molecular flexibility index (Phi) is 8.89. The molecule has 1 fully saturated rings. The standard InChI is InChI=1S/C28H34ClN3OS/c1-2-33-27-18-10-9-17-26(27)30-28(34)32(23-13-5-3-4-6-14-23)21-24-15-11-19-31(24)20-22-12-7-8-16-25(22)29/h7-12,15-19,23H,2-6,13-14,20-21H2,1H3,(H,30,34). The molecule has 1 aliphatic carbocycles. The molecule has 1 heterocycles. The Hall–Kier alpha value is -2.50. The number of benzene rings is 2. The molecule has 0 aliphatic heterocycles. The minimum absolute atomic E-state index is 0.422. The second-order valence-electron chi connectivity index (χ2n) is 8.85. The molecule has 0 saturated heterocycles. The zero-order valence-corrected chi connectivity index (χ0v) is 21.5. The summed E-state index contributed by atoms with van der Waals surface area (Å²) in [7, 11) is 0. The molecule has 4 nitrogen and oxygen atoms in total. The lowest BCUT2D eigenvalue weighted by atomic mass is 10.1. The lowest BCUT2D eigenvalue weighted by molar-refractivity contribution is 0.274. The van der Waals surface area contributed by atoms with Crippen LogP contribution in [0.4, 0.5) is 5.69 Å². The van der Waals surface area contributed by atoms with Crippen molar-refractivity contribution in [2.24, 2.45) is 0 Å². The van der Waals surface area contributed by atoms with Gasteiger partial charge in [-0.2, -0.15) is 0 Å². The Balaban J connectivity index is 1.57. The van der Waals surface area contributed by atoms with E-state index in [2.05, 4.69) is 39.2 Å². The maximum atomic E-state index is 6.45. The molecule has 0 unspecified atom stereocenters. The van der Waals surface area contributed by atoms with Gasteiger partial charge in [0.1, 0.15) is 5.75 Å². The van der Waals surface area contributed by atoms with Crippen molar-refractivity contribution in [1.29, 1.82) is 0 Å². The molecule has 0 radical (unpaired) electrons. The average Bonchev–Trinajstić information content (AvgIpc) is 3.10. The molecule has 0 bridgehead atoms. The molecule has 34 heavy (non-hydrogen) atoms. The van der Waals surface area contributed by atoms with Crippen molar-refractivity contribution < 1.29 is 4.74 Å². The van der Waals surface area contributed by atoms with E-state index in [1.807, 2.05) is 49.4 Å². The van der Waals surface area contributed by atoms with Crippen LogP contribution in [0, 0.1) is 0 Å². The van der Waals surface area contributed by atoms with Crippen molar-refractivity contribution in [3.8, 4) is 5.75 Å². The van der Waals surface area contributed by atoms with Crippen LogP contribution in [0.1, 0.15) is 56.7 Å². The number of anilines is 1. The second-order valence-corrected chi connectivity index (χ2v) is 9.65. The molecule has 180 valence electrons. The zero-order valence-electron chi connectivity index (χ0n) is 19.9. The number of hydrogen-bond donors (Lipinski definition) is 1. The van der Waals surface area contributed by atoms with Gasteiger partial charge in [-0.05, 0) is 67.9 Å². The number of halogens is 1. The Bertz CT molecular complexity index is 1070. The van der Waals surface area contributed by atoms with Crippen LogP contribution in [0.15, 0.2) is 66.9 Å². The summed E-state index contributed by atoms with van der Waals surface area (Å²) >= 11 is 12.5. The Morgan fingerprint density at radius 1 is 1.03 bits per heavy atom. The Morgan fingerprint density at radius 2 is 1.76 bits per heavy atom. The van der Waals surface area contributed by atoms with E-state index in [-0.39, 0.29) is 0 Å². The molecular weight excluding hydrogens is 462 g/mol. The summed E-state index contributed by atoms with van der Waals surface area (Å²) in [6.45, 7) is 4.12. The number of nitrogens with one attached hydrogen (secondary N) is 1. The van der Waals surface area contributed by atoms with Crippen molar-refractivity contribution in [3.05, 3.63) is 83.1 Å². The van der Waals surface area contributed by atoms with E-state index in [1.54, 1.807) is 0 Å². The molecule has 0 amide bonds. The number of para-hydroxylation sites is 2. The quantitative estimate of drug-likeness (QED) is 0.258. The Morgan fingerprint density at radius 3 is 2.53 bits per heavy atom. The SMILES string of the molecule is CCOc1ccccc1NC(=S)N(Cc1cccn1Cc1ccccc1Cl)C1CCCCCC1. The van der Waals surface area contributed by atoms with E-state index < -0.39 is 0 Å². The molecule has 4 rings (SSSR count). The highest BCUT2D eigenvalue weighted by molar-refractivity contribution is 7.80. The first-order valence-electron chi connectivity index (χ1n) is 12.3. The van der Waals surface area contributed by atoms with Gasteiger partial charge in [0, 0.05) is 29.5 Å². The molecule has 1 N–H and O–H groups in total. The molecule has 1 saturated carbocycles. The smallest absolute Gasteiger partial charge is 0.174 e. The monoisotopic (exact) mass is 495 g/mol. The summed E-state index contributed by atoms with van der Waals surface area (Å²) in [4.78, 5) is 2.39. The van der Waals surface area contributed by atoms with Crippen molar-refractivity contribution in [1.82, 2.24) is 9.47 Å². The first-order chi connectivity index (χ1) is 16.7. The van der Waals surface area contributed by atoms with E-state index in [0.29, 0.717) is 12.6 Å². The normalized spacial score (nSPS) is 14.4. The number of aromatic nitrogens is 1. The highest BCUT2D eigenvalue weighted by Gasteiger charge is 2.24. The fourth-order valence-electron chi connectivity index (χ4n) is 4.71. The van der Waals surface area contributed by atoms with Gasteiger partial charge in [-0.15, -0.1) is 0 Å². The molecule has 2 aromatic carbocycles. The zero-order chi connectivity index (χ0) is 23.8. The fourth-order valence-corrected chi connectivity index (χ4v) is 5.23. The highest BCUT2D eigenvalue weighted by Crippen LogP contribution is 2.28. The van der Waals surface area contributed by atoms with Crippen LogP contribution < -0.4 is 10.1 Å². The summed E-state index contributed by atoms with van der Waals surface area (Å²) in [5.74, 6) is 0.829. The topological polar surface area (TPSA) is 29.4 Å². The fraction of sp³-hybridized carbons (Fsp3) is 0.393. The molecule has 1 aromatic heterocycles. The van der Waals surface area contributed by atoms with E-state index in [4.69, 9.17) is 28.6 Å². The van der Waals surface area contributed by atoms with E-state index in [1.165, 1.54) is 44.2 Å². The predicted octanol–water partition coefficient (Wildman–Crippen LogP) is 7.51. The van der Waals surface area contributed by atoms with E-state index in [0.717, 1.165) is 40.2 Å². The number of hydrogen-bond acceptors (Lipinski definition) is 2.